The molecule has 0 aliphatic rings. The third kappa shape index (κ3) is 6.25. The first-order valence-corrected chi connectivity index (χ1v) is 5.38. The van der Waals surface area contributed by atoms with E-state index in [9.17, 15) is 9.90 Å². The molecule has 0 aliphatic heterocycles. The minimum atomic E-state index is -0.770. The zero-order chi connectivity index (χ0) is 11.7. The Labute approximate surface area is 91.8 Å². The van der Waals surface area contributed by atoms with E-state index < -0.39 is 5.60 Å². The molecule has 15 heavy (non-hydrogen) atoms. The van der Waals surface area contributed by atoms with E-state index in [0.717, 1.165) is 0 Å². The molecule has 0 radical (unpaired) electrons. The van der Waals surface area contributed by atoms with Crippen LogP contribution in [0.25, 0.3) is 0 Å². The van der Waals surface area contributed by atoms with Crippen molar-refractivity contribution in [3.8, 4) is 0 Å². The molecule has 0 saturated heterocycles. The summed E-state index contributed by atoms with van der Waals surface area (Å²) in [5.41, 5.74) is -0.770. The van der Waals surface area contributed by atoms with Gasteiger partial charge in [0.1, 0.15) is 0 Å². The molecule has 88 valence electrons. The van der Waals surface area contributed by atoms with E-state index in [1.807, 2.05) is 13.8 Å². The van der Waals surface area contributed by atoms with Crippen molar-refractivity contribution in [1.29, 1.82) is 0 Å². The van der Waals surface area contributed by atoms with E-state index in [2.05, 4.69) is 17.2 Å². The van der Waals surface area contributed by atoms with Gasteiger partial charge < -0.3 is 15.7 Å². The van der Waals surface area contributed by atoms with E-state index >= 15 is 0 Å². The fourth-order valence-electron chi connectivity index (χ4n) is 1.11. The highest BCUT2D eigenvalue weighted by Gasteiger charge is 2.22. The van der Waals surface area contributed by atoms with Gasteiger partial charge in [-0.05, 0) is 12.8 Å². The number of carbonyl (C=O) groups excluding carboxylic acids is 1. The normalized spacial score (nSPS) is 11.1. The second kappa shape index (κ2) is 7.43. The lowest BCUT2D eigenvalue weighted by Crippen LogP contribution is -2.44. The van der Waals surface area contributed by atoms with Crippen molar-refractivity contribution in [2.45, 2.75) is 32.3 Å². The predicted octanol–water partition coefficient (Wildman–Crippen LogP) is 0.429. The molecule has 0 aromatic heterocycles. The summed E-state index contributed by atoms with van der Waals surface area (Å²) in [5.74, 6) is -0.0998. The molecule has 0 heterocycles. The standard InChI is InChI=1S/C11H22N2O2/c1-4-7-12-8-10(14)13-9-11(15,5-2)6-3/h4,12,15H,1,5-9H2,2-3H3,(H,13,14). The maximum absolute atomic E-state index is 11.3. The minimum absolute atomic E-state index is 0.0998. The molecule has 0 saturated carbocycles. The summed E-state index contributed by atoms with van der Waals surface area (Å²) in [6.45, 7) is 8.54. The second-order valence-electron chi connectivity index (χ2n) is 3.63. The van der Waals surface area contributed by atoms with Crippen molar-refractivity contribution in [3.05, 3.63) is 12.7 Å². The highest BCUT2D eigenvalue weighted by molar-refractivity contribution is 5.78. The summed E-state index contributed by atoms with van der Waals surface area (Å²) >= 11 is 0. The minimum Gasteiger partial charge on any atom is -0.388 e. The number of aliphatic hydroxyl groups is 1. The molecule has 0 aromatic rings. The highest BCUT2D eigenvalue weighted by Crippen LogP contribution is 2.12. The van der Waals surface area contributed by atoms with Crippen LogP contribution in [0.4, 0.5) is 0 Å². The number of rotatable bonds is 8. The van der Waals surface area contributed by atoms with Crippen molar-refractivity contribution >= 4 is 5.91 Å². The SMILES string of the molecule is C=CCNCC(=O)NCC(O)(CC)CC. The van der Waals surface area contributed by atoms with Gasteiger partial charge in [0, 0.05) is 13.1 Å². The van der Waals surface area contributed by atoms with Crippen molar-refractivity contribution < 1.29 is 9.90 Å². The van der Waals surface area contributed by atoms with Crippen LogP contribution in [0.15, 0.2) is 12.7 Å². The molecule has 3 N–H and O–H groups in total. The number of hydrogen-bond acceptors (Lipinski definition) is 3. The van der Waals surface area contributed by atoms with Gasteiger partial charge in [0.25, 0.3) is 0 Å². The predicted molar refractivity (Wildman–Crippen MR) is 61.6 cm³/mol. The Morgan fingerprint density at radius 2 is 2.07 bits per heavy atom. The fourth-order valence-corrected chi connectivity index (χ4v) is 1.11. The molecular formula is C11H22N2O2. The fraction of sp³-hybridized carbons (Fsp3) is 0.727. The van der Waals surface area contributed by atoms with Gasteiger partial charge in [-0.3, -0.25) is 4.79 Å². The van der Waals surface area contributed by atoms with Crippen LogP contribution in [-0.2, 0) is 4.79 Å². The zero-order valence-electron chi connectivity index (χ0n) is 9.68. The van der Waals surface area contributed by atoms with Gasteiger partial charge >= 0.3 is 0 Å². The molecule has 4 nitrogen and oxygen atoms in total. The lowest BCUT2D eigenvalue weighted by Gasteiger charge is -2.25. The van der Waals surface area contributed by atoms with E-state index in [4.69, 9.17) is 0 Å². The third-order valence-corrected chi connectivity index (χ3v) is 2.51. The highest BCUT2D eigenvalue weighted by atomic mass is 16.3. The molecule has 0 fully saturated rings. The first kappa shape index (κ1) is 14.1. The molecule has 0 rings (SSSR count). The number of carbonyl (C=O) groups is 1. The maximum atomic E-state index is 11.3. The summed E-state index contributed by atoms with van der Waals surface area (Å²) in [4.78, 5) is 11.3. The first-order chi connectivity index (χ1) is 7.08. The zero-order valence-corrected chi connectivity index (χ0v) is 9.68. The van der Waals surface area contributed by atoms with E-state index in [1.165, 1.54) is 0 Å². The largest absolute Gasteiger partial charge is 0.388 e. The molecule has 0 spiro atoms. The lowest BCUT2D eigenvalue weighted by molar-refractivity contribution is -0.121. The van der Waals surface area contributed by atoms with Gasteiger partial charge in [0.15, 0.2) is 0 Å². The summed E-state index contributed by atoms with van der Waals surface area (Å²) < 4.78 is 0. The van der Waals surface area contributed by atoms with Crippen LogP contribution in [0, 0.1) is 0 Å². The topological polar surface area (TPSA) is 61.4 Å². The Kier molecular flexibility index (Phi) is 6.99. The molecule has 0 bridgehead atoms. The van der Waals surface area contributed by atoms with Gasteiger partial charge in [-0.25, -0.2) is 0 Å². The third-order valence-electron chi connectivity index (χ3n) is 2.51. The molecule has 0 unspecified atom stereocenters. The van der Waals surface area contributed by atoms with Gasteiger partial charge in [-0.2, -0.15) is 0 Å². The maximum Gasteiger partial charge on any atom is 0.234 e. The van der Waals surface area contributed by atoms with Crippen LogP contribution < -0.4 is 10.6 Å². The van der Waals surface area contributed by atoms with E-state index in [0.29, 0.717) is 25.9 Å². The number of amides is 1. The summed E-state index contributed by atoms with van der Waals surface area (Å²) in [7, 11) is 0. The Hall–Kier alpha value is -0.870. The first-order valence-electron chi connectivity index (χ1n) is 5.38. The Bertz CT molecular complexity index is 201. The van der Waals surface area contributed by atoms with Gasteiger partial charge in [0.2, 0.25) is 5.91 Å². The Balaban J connectivity index is 3.73. The molecule has 1 amide bonds. The van der Waals surface area contributed by atoms with Crippen molar-refractivity contribution in [1.82, 2.24) is 10.6 Å². The van der Waals surface area contributed by atoms with Crippen molar-refractivity contribution in [2.24, 2.45) is 0 Å². The van der Waals surface area contributed by atoms with Crippen LogP contribution in [0.3, 0.4) is 0 Å². The average Bonchev–Trinajstić information content (AvgIpc) is 2.26. The van der Waals surface area contributed by atoms with Crippen LogP contribution in [0.1, 0.15) is 26.7 Å². The van der Waals surface area contributed by atoms with Crippen LogP contribution >= 0.6 is 0 Å². The lowest BCUT2D eigenvalue weighted by atomic mass is 9.98. The second-order valence-corrected chi connectivity index (χ2v) is 3.63. The molecule has 0 aromatic carbocycles. The van der Waals surface area contributed by atoms with Gasteiger partial charge in [-0.15, -0.1) is 6.58 Å². The van der Waals surface area contributed by atoms with Gasteiger partial charge in [-0.1, -0.05) is 19.9 Å². The number of hydrogen-bond donors (Lipinski definition) is 3. The Morgan fingerprint density at radius 3 is 2.53 bits per heavy atom. The van der Waals surface area contributed by atoms with Crippen LogP contribution in [0.2, 0.25) is 0 Å². The van der Waals surface area contributed by atoms with Crippen molar-refractivity contribution in [2.75, 3.05) is 19.6 Å². The van der Waals surface area contributed by atoms with E-state index in [-0.39, 0.29) is 12.5 Å². The molecule has 0 aliphatic carbocycles. The monoisotopic (exact) mass is 214 g/mol. The van der Waals surface area contributed by atoms with Crippen LogP contribution in [0.5, 0.6) is 0 Å². The molecule has 4 heteroatoms. The molecule has 0 atom stereocenters. The summed E-state index contributed by atoms with van der Waals surface area (Å²) in [5, 5.41) is 15.5. The number of nitrogens with one attached hydrogen (secondary N) is 2. The smallest absolute Gasteiger partial charge is 0.234 e. The van der Waals surface area contributed by atoms with Crippen LogP contribution in [-0.4, -0.2) is 36.2 Å². The summed E-state index contributed by atoms with van der Waals surface area (Å²) in [6, 6.07) is 0. The molecular weight excluding hydrogens is 192 g/mol. The summed E-state index contributed by atoms with van der Waals surface area (Å²) in [6.07, 6.45) is 2.98. The quantitative estimate of drug-likeness (QED) is 0.405. The Morgan fingerprint density at radius 1 is 1.47 bits per heavy atom. The van der Waals surface area contributed by atoms with Gasteiger partial charge in [0.05, 0.1) is 12.1 Å². The van der Waals surface area contributed by atoms with Crippen molar-refractivity contribution in [3.63, 3.8) is 0 Å². The average molecular weight is 214 g/mol. The van der Waals surface area contributed by atoms with E-state index in [1.54, 1.807) is 6.08 Å².